The van der Waals surface area contributed by atoms with E-state index in [1.807, 2.05) is 0 Å². The molecule has 0 spiro atoms. The van der Waals surface area contributed by atoms with E-state index in [4.69, 9.17) is 16.4 Å². The van der Waals surface area contributed by atoms with Gasteiger partial charge in [-0.25, -0.2) is 20.2 Å². The van der Waals surface area contributed by atoms with E-state index in [-0.39, 0.29) is 18.2 Å². The summed E-state index contributed by atoms with van der Waals surface area (Å²) in [5.41, 5.74) is 2.19. The molecule has 0 saturated carbocycles. The maximum Gasteiger partial charge on any atom is 0.354 e. The summed E-state index contributed by atoms with van der Waals surface area (Å²) >= 11 is 0. The molecular weight excluding hydrogens is 186 g/mol. The number of terminal acetylenes is 1. The van der Waals surface area contributed by atoms with Crippen molar-refractivity contribution in [2.45, 2.75) is 0 Å². The fraction of sp³-hybridized carbons (Fsp3) is 0.125. The molecule has 1 heterocycles. The smallest absolute Gasteiger partial charge is 0.354 e. The molecule has 0 bridgehead atoms. The van der Waals surface area contributed by atoms with Crippen LogP contribution in [0.1, 0.15) is 10.5 Å². The molecule has 72 valence electrons. The molecular formula is C8H7N3O3. The second-order valence-electron chi connectivity index (χ2n) is 2.17. The Morgan fingerprint density at radius 2 is 2.57 bits per heavy atom. The Balaban J connectivity index is 2.65. The molecule has 0 saturated heterocycles. The lowest BCUT2D eigenvalue weighted by Crippen LogP contribution is -2.08. The van der Waals surface area contributed by atoms with Crippen LogP contribution in [0.15, 0.2) is 12.3 Å². The van der Waals surface area contributed by atoms with Crippen molar-refractivity contribution in [1.29, 1.82) is 0 Å². The van der Waals surface area contributed by atoms with E-state index in [1.54, 1.807) is 0 Å². The van der Waals surface area contributed by atoms with Crippen LogP contribution in [0, 0.1) is 12.3 Å². The third-order valence-corrected chi connectivity index (χ3v) is 1.19. The van der Waals surface area contributed by atoms with Crippen molar-refractivity contribution in [1.82, 2.24) is 9.97 Å². The van der Waals surface area contributed by atoms with Gasteiger partial charge in [-0.1, -0.05) is 5.92 Å². The maximum atomic E-state index is 10.5. The molecule has 1 aromatic rings. The number of aromatic nitrogens is 2. The molecule has 0 fully saturated rings. The topological polar surface area (TPSA) is 84.3 Å². The summed E-state index contributed by atoms with van der Waals surface area (Å²) in [5, 5.41) is 8.59. The Morgan fingerprint density at radius 3 is 3.21 bits per heavy atom. The average Bonchev–Trinajstić information content (AvgIpc) is 2.19. The molecule has 6 nitrogen and oxygen atoms in total. The Kier molecular flexibility index (Phi) is 3.41. The summed E-state index contributed by atoms with van der Waals surface area (Å²) in [6, 6.07) is 1.27. The van der Waals surface area contributed by atoms with Crippen molar-refractivity contribution >= 4 is 11.9 Å². The number of carboxylic acid groups (broad SMARTS) is 1. The van der Waals surface area contributed by atoms with Gasteiger partial charge in [-0.15, -0.1) is 6.42 Å². The molecule has 2 N–H and O–H groups in total. The van der Waals surface area contributed by atoms with E-state index in [0.717, 1.165) is 0 Å². The van der Waals surface area contributed by atoms with Gasteiger partial charge < -0.3 is 5.11 Å². The minimum atomic E-state index is -1.13. The normalized spacial score (nSPS) is 9.07. The first-order chi connectivity index (χ1) is 6.74. The van der Waals surface area contributed by atoms with E-state index in [9.17, 15) is 4.79 Å². The zero-order valence-electron chi connectivity index (χ0n) is 7.10. The Labute approximate surface area is 79.9 Å². The van der Waals surface area contributed by atoms with Gasteiger partial charge in [0, 0.05) is 6.20 Å². The second-order valence-corrected chi connectivity index (χ2v) is 2.17. The molecule has 14 heavy (non-hydrogen) atoms. The predicted octanol–water partition coefficient (Wildman–Crippen LogP) is 0.151. The number of carboxylic acids is 1. The molecule has 0 aliphatic rings. The molecule has 0 aromatic carbocycles. The lowest BCUT2D eigenvalue weighted by Gasteiger charge is -2.02. The van der Waals surface area contributed by atoms with Gasteiger partial charge in [0.25, 0.3) is 0 Å². The van der Waals surface area contributed by atoms with Gasteiger partial charge in [0.2, 0.25) is 5.95 Å². The number of anilines is 1. The van der Waals surface area contributed by atoms with Crippen LogP contribution in [-0.2, 0) is 4.84 Å². The monoisotopic (exact) mass is 193 g/mol. The third kappa shape index (κ3) is 2.73. The lowest BCUT2D eigenvalue weighted by atomic mass is 10.4. The van der Waals surface area contributed by atoms with Gasteiger partial charge in [-0.05, 0) is 6.07 Å². The largest absolute Gasteiger partial charge is 0.477 e. The van der Waals surface area contributed by atoms with Crippen LogP contribution in [0.3, 0.4) is 0 Å². The summed E-state index contributed by atoms with van der Waals surface area (Å²) in [6.07, 6.45) is 6.22. The molecule has 0 aliphatic carbocycles. The molecule has 0 aliphatic heterocycles. The Bertz CT molecular complexity index is 372. The number of hydrogen-bond acceptors (Lipinski definition) is 5. The van der Waals surface area contributed by atoms with Crippen LogP contribution in [0.2, 0.25) is 0 Å². The van der Waals surface area contributed by atoms with Crippen LogP contribution in [-0.4, -0.2) is 27.7 Å². The Morgan fingerprint density at radius 1 is 1.79 bits per heavy atom. The molecule has 0 unspecified atom stereocenters. The van der Waals surface area contributed by atoms with Crippen molar-refractivity contribution in [3.63, 3.8) is 0 Å². The molecule has 0 amide bonds. The molecule has 0 radical (unpaired) electrons. The van der Waals surface area contributed by atoms with Gasteiger partial charge in [0.15, 0.2) is 5.69 Å². The zero-order valence-corrected chi connectivity index (χ0v) is 7.10. The summed E-state index contributed by atoms with van der Waals surface area (Å²) in [5.74, 6) is 1.14. The first-order valence-corrected chi connectivity index (χ1v) is 3.61. The van der Waals surface area contributed by atoms with E-state index < -0.39 is 5.97 Å². The number of carbonyl (C=O) groups is 1. The summed E-state index contributed by atoms with van der Waals surface area (Å²) in [6.45, 7) is 0.0423. The van der Waals surface area contributed by atoms with Crippen molar-refractivity contribution in [2.24, 2.45) is 0 Å². The quantitative estimate of drug-likeness (QED) is 0.402. The van der Waals surface area contributed by atoms with Crippen LogP contribution < -0.4 is 5.48 Å². The number of nitrogens with zero attached hydrogens (tertiary/aromatic N) is 2. The van der Waals surface area contributed by atoms with Gasteiger partial charge in [-0.2, -0.15) is 0 Å². The highest BCUT2D eigenvalue weighted by molar-refractivity contribution is 5.85. The minimum Gasteiger partial charge on any atom is -0.477 e. The van der Waals surface area contributed by atoms with Crippen molar-refractivity contribution in [2.75, 3.05) is 12.1 Å². The number of rotatable bonds is 4. The standard InChI is InChI=1S/C8H7N3O3/c1-2-5-14-11-8-9-4-3-6(10-8)7(12)13/h1,3-4H,5H2,(H,12,13)(H,9,10,11). The second kappa shape index (κ2) is 4.79. The average molecular weight is 193 g/mol. The van der Waals surface area contributed by atoms with Crippen LogP contribution in [0.25, 0.3) is 0 Å². The number of hydrogen-bond donors (Lipinski definition) is 2. The maximum absolute atomic E-state index is 10.5. The first-order valence-electron chi connectivity index (χ1n) is 3.61. The summed E-state index contributed by atoms with van der Waals surface area (Å²) in [4.78, 5) is 22.5. The highest BCUT2D eigenvalue weighted by Crippen LogP contribution is 1.99. The van der Waals surface area contributed by atoms with Crippen LogP contribution >= 0.6 is 0 Å². The highest BCUT2D eigenvalue weighted by Gasteiger charge is 2.05. The summed E-state index contributed by atoms with van der Waals surface area (Å²) in [7, 11) is 0. The van der Waals surface area contributed by atoms with E-state index in [1.165, 1.54) is 12.3 Å². The van der Waals surface area contributed by atoms with Crippen molar-refractivity contribution in [3.05, 3.63) is 18.0 Å². The lowest BCUT2D eigenvalue weighted by molar-refractivity contribution is 0.0690. The fourth-order valence-corrected chi connectivity index (χ4v) is 0.669. The van der Waals surface area contributed by atoms with Gasteiger partial charge in [0.05, 0.1) is 0 Å². The predicted molar refractivity (Wildman–Crippen MR) is 47.4 cm³/mol. The first kappa shape index (κ1) is 9.95. The van der Waals surface area contributed by atoms with Gasteiger partial charge >= 0.3 is 5.97 Å². The molecule has 0 atom stereocenters. The highest BCUT2D eigenvalue weighted by atomic mass is 16.6. The zero-order chi connectivity index (χ0) is 10.4. The summed E-state index contributed by atoms with van der Waals surface area (Å²) < 4.78 is 0. The van der Waals surface area contributed by atoms with Crippen molar-refractivity contribution < 1.29 is 14.7 Å². The van der Waals surface area contributed by atoms with Crippen LogP contribution in [0.5, 0.6) is 0 Å². The molecule has 6 heteroatoms. The number of aromatic carboxylic acids is 1. The molecule has 1 aromatic heterocycles. The minimum absolute atomic E-state index is 0.0423. The Hall–Kier alpha value is -2.13. The fourth-order valence-electron chi connectivity index (χ4n) is 0.669. The van der Waals surface area contributed by atoms with Gasteiger partial charge in [-0.3, -0.25) is 4.84 Å². The van der Waals surface area contributed by atoms with Gasteiger partial charge in [0.1, 0.15) is 6.61 Å². The third-order valence-electron chi connectivity index (χ3n) is 1.19. The van der Waals surface area contributed by atoms with E-state index in [2.05, 4.69) is 21.4 Å². The number of nitrogens with one attached hydrogen (secondary N) is 1. The molecule has 1 rings (SSSR count). The van der Waals surface area contributed by atoms with E-state index >= 15 is 0 Å². The van der Waals surface area contributed by atoms with Crippen molar-refractivity contribution in [3.8, 4) is 12.3 Å². The van der Waals surface area contributed by atoms with E-state index in [0.29, 0.717) is 0 Å². The van der Waals surface area contributed by atoms with Crippen LogP contribution in [0.4, 0.5) is 5.95 Å². The SMILES string of the molecule is C#CCONc1nccc(C(=O)O)n1.